The molecule has 0 aliphatic rings. The summed E-state index contributed by atoms with van der Waals surface area (Å²) in [7, 11) is 0. The van der Waals surface area contributed by atoms with E-state index in [2.05, 4.69) is 5.32 Å². The van der Waals surface area contributed by atoms with E-state index in [-0.39, 0.29) is 16.9 Å². The van der Waals surface area contributed by atoms with Gasteiger partial charge in [0.05, 0.1) is 22.3 Å². The summed E-state index contributed by atoms with van der Waals surface area (Å²) < 4.78 is 0. The number of nitro benzene ring substituents is 1. The lowest BCUT2D eigenvalue weighted by Gasteiger charge is -2.11. The van der Waals surface area contributed by atoms with Gasteiger partial charge in [-0.15, -0.1) is 0 Å². The molecule has 104 valence electrons. The highest BCUT2D eigenvalue weighted by atomic mass is 16.6. The number of aliphatic hydroxyl groups is 1. The minimum atomic E-state index is -1.16. The van der Waals surface area contributed by atoms with Gasteiger partial charge in [-0.05, 0) is 18.9 Å². The Bertz CT molecular complexity index is 475. The van der Waals surface area contributed by atoms with Crippen LogP contribution in [0, 0.1) is 10.1 Å². The molecule has 0 aliphatic heterocycles. The van der Waals surface area contributed by atoms with Crippen LogP contribution in [0.2, 0.25) is 0 Å². The van der Waals surface area contributed by atoms with Crippen molar-refractivity contribution in [2.75, 3.05) is 11.9 Å². The Morgan fingerprint density at radius 1 is 1.53 bits per heavy atom. The van der Waals surface area contributed by atoms with Gasteiger partial charge < -0.3 is 15.5 Å². The molecule has 0 radical (unpaired) electrons. The number of hydrogen-bond acceptors (Lipinski definition) is 5. The van der Waals surface area contributed by atoms with E-state index in [1.165, 1.54) is 12.1 Å². The fourth-order valence-electron chi connectivity index (χ4n) is 1.56. The van der Waals surface area contributed by atoms with Gasteiger partial charge in [-0.2, -0.15) is 0 Å². The maximum Gasteiger partial charge on any atom is 0.337 e. The zero-order valence-corrected chi connectivity index (χ0v) is 10.5. The first-order valence-corrected chi connectivity index (χ1v) is 5.89. The van der Waals surface area contributed by atoms with Crippen LogP contribution >= 0.6 is 0 Å². The van der Waals surface area contributed by atoms with Crippen molar-refractivity contribution in [2.24, 2.45) is 0 Å². The maximum atomic E-state index is 11.0. The van der Waals surface area contributed by atoms with Crippen LogP contribution in [0.4, 0.5) is 11.4 Å². The molecule has 0 saturated heterocycles. The average molecular weight is 268 g/mol. The fourth-order valence-corrected chi connectivity index (χ4v) is 1.56. The van der Waals surface area contributed by atoms with Crippen LogP contribution in [-0.2, 0) is 0 Å². The van der Waals surface area contributed by atoms with Crippen molar-refractivity contribution in [3.8, 4) is 0 Å². The van der Waals surface area contributed by atoms with Crippen molar-refractivity contribution in [1.82, 2.24) is 0 Å². The Kier molecular flexibility index (Phi) is 5.25. The number of nitrogens with zero attached hydrogens (tertiary/aromatic N) is 1. The number of carbonyl (C=O) groups is 1. The Morgan fingerprint density at radius 2 is 2.21 bits per heavy atom. The molecule has 0 amide bonds. The average Bonchev–Trinajstić information content (AvgIpc) is 2.37. The van der Waals surface area contributed by atoms with Crippen molar-refractivity contribution < 1.29 is 19.9 Å². The Balaban J connectivity index is 2.85. The van der Waals surface area contributed by atoms with Crippen LogP contribution in [0.3, 0.4) is 0 Å². The molecule has 0 bridgehead atoms. The molecular formula is C12H16N2O5. The van der Waals surface area contributed by atoms with Crippen LogP contribution in [0.25, 0.3) is 0 Å². The van der Waals surface area contributed by atoms with E-state index in [0.29, 0.717) is 19.4 Å². The number of nitrogens with one attached hydrogen (secondary N) is 1. The normalized spacial score (nSPS) is 11.9. The summed E-state index contributed by atoms with van der Waals surface area (Å²) >= 11 is 0. The number of aromatic carboxylic acids is 1. The molecule has 0 fully saturated rings. The van der Waals surface area contributed by atoms with E-state index in [9.17, 15) is 20.0 Å². The van der Waals surface area contributed by atoms with Crippen LogP contribution < -0.4 is 5.32 Å². The summed E-state index contributed by atoms with van der Waals surface area (Å²) in [5.74, 6) is -1.16. The molecule has 1 rings (SSSR count). The molecule has 1 atom stereocenters. The smallest absolute Gasteiger partial charge is 0.337 e. The summed E-state index contributed by atoms with van der Waals surface area (Å²) in [6.07, 6.45) is 0.570. The van der Waals surface area contributed by atoms with Gasteiger partial charge >= 0.3 is 5.97 Å². The van der Waals surface area contributed by atoms with Gasteiger partial charge in [0, 0.05) is 18.7 Å². The molecule has 0 saturated carbocycles. The van der Waals surface area contributed by atoms with Crippen LogP contribution in [-0.4, -0.2) is 33.8 Å². The number of carboxylic acids is 1. The third kappa shape index (κ3) is 4.22. The summed E-state index contributed by atoms with van der Waals surface area (Å²) in [4.78, 5) is 21.1. The first-order chi connectivity index (χ1) is 8.95. The highest BCUT2D eigenvalue weighted by Gasteiger charge is 2.15. The standard InChI is InChI=1S/C12H16N2O5/c1-2-9(15)5-6-13-11-7-8(14(18)19)3-4-10(11)12(16)17/h3-4,7,9,13,15H,2,5-6H2,1H3,(H,16,17). The molecule has 0 aliphatic carbocycles. The molecule has 1 aromatic rings. The molecular weight excluding hydrogens is 252 g/mol. The molecule has 7 heteroatoms. The van der Waals surface area contributed by atoms with Crippen LogP contribution in [0.5, 0.6) is 0 Å². The molecule has 1 aromatic carbocycles. The van der Waals surface area contributed by atoms with Gasteiger partial charge in [0.1, 0.15) is 0 Å². The van der Waals surface area contributed by atoms with Crippen molar-refractivity contribution in [2.45, 2.75) is 25.9 Å². The van der Waals surface area contributed by atoms with E-state index in [0.717, 1.165) is 6.07 Å². The van der Waals surface area contributed by atoms with Crippen LogP contribution in [0.15, 0.2) is 18.2 Å². The Labute approximate surface area is 110 Å². The number of aliphatic hydroxyl groups excluding tert-OH is 1. The van der Waals surface area contributed by atoms with Crippen molar-refractivity contribution in [1.29, 1.82) is 0 Å². The maximum absolute atomic E-state index is 11.0. The lowest BCUT2D eigenvalue weighted by Crippen LogP contribution is -2.14. The van der Waals surface area contributed by atoms with Crippen molar-refractivity contribution in [3.63, 3.8) is 0 Å². The summed E-state index contributed by atoms with van der Waals surface area (Å²) in [6, 6.07) is 3.52. The minimum Gasteiger partial charge on any atom is -0.478 e. The SMILES string of the molecule is CCC(O)CCNc1cc([N+](=O)[O-])ccc1C(=O)O. The topological polar surface area (TPSA) is 113 Å². The van der Waals surface area contributed by atoms with Gasteiger partial charge in [-0.25, -0.2) is 4.79 Å². The predicted octanol–water partition coefficient (Wildman–Crippen LogP) is 1.87. The Hall–Kier alpha value is -2.15. The van der Waals surface area contributed by atoms with E-state index in [1.54, 1.807) is 0 Å². The molecule has 1 unspecified atom stereocenters. The van der Waals surface area contributed by atoms with Crippen molar-refractivity contribution >= 4 is 17.3 Å². The number of benzene rings is 1. The molecule has 0 aromatic heterocycles. The zero-order valence-electron chi connectivity index (χ0n) is 10.5. The first kappa shape index (κ1) is 14.9. The summed E-state index contributed by atoms with van der Waals surface area (Å²) in [6.45, 7) is 2.18. The highest BCUT2D eigenvalue weighted by Crippen LogP contribution is 2.22. The largest absolute Gasteiger partial charge is 0.478 e. The second-order valence-corrected chi connectivity index (χ2v) is 4.07. The van der Waals surface area contributed by atoms with E-state index in [1.807, 2.05) is 6.92 Å². The zero-order chi connectivity index (χ0) is 14.4. The number of nitro groups is 1. The number of non-ortho nitro benzene ring substituents is 1. The first-order valence-electron chi connectivity index (χ1n) is 5.89. The number of hydrogen-bond donors (Lipinski definition) is 3. The predicted molar refractivity (Wildman–Crippen MR) is 69.5 cm³/mol. The molecule has 0 heterocycles. The molecule has 0 spiro atoms. The lowest BCUT2D eigenvalue weighted by molar-refractivity contribution is -0.384. The highest BCUT2D eigenvalue weighted by molar-refractivity contribution is 5.94. The number of rotatable bonds is 7. The van der Waals surface area contributed by atoms with Gasteiger partial charge in [-0.3, -0.25) is 10.1 Å². The minimum absolute atomic E-state index is 0.0309. The quantitative estimate of drug-likeness (QED) is 0.514. The van der Waals surface area contributed by atoms with E-state index >= 15 is 0 Å². The van der Waals surface area contributed by atoms with Gasteiger partial charge in [0.15, 0.2) is 0 Å². The van der Waals surface area contributed by atoms with E-state index < -0.39 is 17.0 Å². The number of carboxylic acid groups (broad SMARTS) is 1. The second kappa shape index (κ2) is 6.69. The van der Waals surface area contributed by atoms with Crippen molar-refractivity contribution in [3.05, 3.63) is 33.9 Å². The molecule has 7 nitrogen and oxygen atoms in total. The van der Waals surface area contributed by atoms with Gasteiger partial charge in [-0.1, -0.05) is 6.92 Å². The monoisotopic (exact) mass is 268 g/mol. The van der Waals surface area contributed by atoms with E-state index in [4.69, 9.17) is 5.11 Å². The molecule has 3 N–H and O–H groups in total. The van der Waals surface area contributed by atoms with Gasteiger partial charge in [0.2, 0.25) is 0 Å². The second-order valence-electron chi connectivity index (χ2n) is 4.07. The lowest BCUT2D eigenvalue weighted by atomic mass is 10.1. The Morgan fingerprint density at radius 3 is 2.74 bits per heavy atom. The third-order valence-electron chi connectivity index (χ3n) is 2.71. The summed E-state index contributed by atoms with van der Waals surface area (Å²) in [5, 5.41) is 31.8. The fraction of sp³-hybridized carbons (Fsp3) is 0.417. The third-order valence-corrected chi connectivity index (χ3v) is 2.71. The van der Waals surface area contributed by atoms with Gasteiger partial charge in [0.25, 0.3) is 5.69 Å². The van der Waals surface area contributed by atoms with Crippen LogP contribution in [0.1, 0.15) is 30.1 Å². The summed E-state index contributed by atoms with van der Waals surface area (Å²) in [5.41, 5.74) is -0.0230. The molecule has 19 heavy (non-hydrogen) atoms. The number of anilines is 1.